The topological polar surface area (TPSA) is 96.3 Å². The number of halogens is 2. The Bertz CT molecular complexity index is 1340. The Labute approximate surface area is 211 Å². The number of phenols is 1. The molecule has 35 heavy (non-hydrogen) atoms. The normalized spacial score (nSPS) is 17.0. The number of rotatable bonds is 6. The van der Waals surface area contributed by atoms with Crippen LogP contribution in [0.2, 0.25) is 10.0 Å². The maximum atomic E-state index is 13.3. The highest BCUT2D eigenvalue weighted by atomic mass is 35.5. The summed E-state index contributed by atoms with van der Waals surface area (Å²) >= 11 is 12.5. The zero-order valence-electron chi connectivity index (χ0n) is 18.8. The largest absolute Gasteiger partial charge is 0.508 e. The number of anilines is 1. The Hall–Kier alpha value is -3.68. The van der Waals surface area contributed by atoms with Gasteiger partial charge in [0.2, 0.25) is 0 Å². The van der Waals surface area contributed by atoms with Gasteiger partial charge in [0.05, 0.1) is 35.4 Å². The fourth-order valence-electron chi connectivity index (χ4n) is 3.95. The number of aliphatic hydroxyl groups excluding tert-OH is 1. The number of Topliss-reactive ketones (excluding diaryl/α,β-unsaturated/α-hetero) is 1. The fraction of sp³-hybridized carbons (Fsp3) is 0.154. The van der Waals surface area contributed by atoms with Crippen molar-refractivity contribution in [1.29, 1.82) is 0 Å². The Morgan fingerprint density at radius 2 is 1.69 bits per heavy atom. The Morgan fingerprint density at radius 1 is 0.971 bits per heavy atom. The summed E-state index contributed by atoms with van der Waals surface area (Å²) in [5, 5.41) is 21.6. The van der Waals surface area contributed by atoms with E-state index in [0.29, 0.717) is 34.4 Å². The van der Waals surface area contributed by atoms with E-state index in [0.717, 1.165) is 0 Å². The van der Waals surface area contributed by atoms with Gasteiger partial charge in [0.1, 0.15) is 23.0 Å². The van der Waals surface area contributed by atoms with Crippen LogP contribution in [0.15, 0.2) is 66.2 Å². The number of aliphatic hydroxyl groups is 1. The molecule has 1 unspecified atom stereocenters. The zero-order chi connectivity index (χ0) is 25.3. The number of amides is 1. The van der Waals surface area contributed by atoms with Gasteiger partial charge in [0.25, 0.3) is 11.7 Å². The molecule has 180 valence electrons. The molecule has 0 aliphatic carbocycles. The average molecular weight is 514 g/mol. The third kappa shape index (κ3) is 4.52. The average Bonchev–Trinajstić information content (AvgIpc) is 3.11. The lowest BCUT2D eigenvalue weighted by atomic mass is 9.95. The van der Waals surface area contributed by atoms with Crippen LogP contribution in [-0.2, 0) is 9.59 Å². The molecule has 7 nitrogen and oxygen atoms in total. The molecular formula is C26H21Cl2NO6. The van der Waals surface area contributed by atoms with Gasteiger partial charge in [-0.25, -0.2) is 0 Å². The minimum Gasteiger partial charge on any atom is -0.508 e. The van der Waals surface area contributed by atoms with Gasteiger partial charge in [-0.2, -0.15) is 0 Å². The van der Waals surface area contributed by atoms with Crippen LogP contribution < -0.4 is 14.4 Å². The minimum atomic E-state index is -0.994. The van der Waals surface area contributed by atoms with Crippen molar-refractivity contribution < 1.29 is 29.3 Å². The van der Waals surface area contributed by atoms with Crippen molar-refractivity contribution in [3.63, 3.8) is 0 Å². The van der Waals surface area contributed by atoms with E-state index >= 15 is 0 Å². The molecule has 1 saturated heterocycles. The van der Waals surface area contributed by atoms with E-state index in [4.69, 9.17) is 32.7 Å². The summed E-state index contributed by atoms with van der Waals surface area (Å²) in [6.45, 7) is 2.14. The van der Waals surface area contributed by atoms with Crippen molar-refractivity contribution in [2.75, 3.05) is 18.6 Å². The molecule has 0 spiro atoms. The van der Waals surface area contributed by atoms with Gasteiger partial charge in [-0.3, -0.25) is 14.5 Å². The molecular weight excluding hydrogens is 493 g/mol. The van der Waals surface area contributed by atoms with E-state index in [9.17, 15) is 19.8 Å². The van der Waals surface area contributed by atoms with Crippen molar-refractivity contribution in [3.8, 4) is 17.2 Å². The molecule has 0 radical (unpaired) electrons. The van der Waals surface area contributed by atoms with Crippen LogP contribution in [0.25, 0.3) is 5.76 Å². The summed E-state index contributed by atoms with van der Waals surface area (Å²) in [5.74, 6) is -1.36. The monoisotopic (exact) mass is 513 g/mol. The van der Waals surface area contributed by atoms with Crippen LogP contribution in [-0.4, -0.2) is 35.6 Å². The fourth-order valence-corrected chi connectivity index (χ4v) is 4.37. The summed E-state index contributed by atoms with van der Waals surface area (Å²) in [6.07, 6.45) is 0. The SMILES string of the molecule is CCOc1cc(/C(O)=C2\C(=O)C(=O)N(c3ccc(OC)c(Cl)c3)C2c2ccc(O)cc2)ccc1Cl. The Morgan fingerprint density at radius 3 is 2.31 bits per heavy atom. The van der Waals surface area contributed by atoms with Crippen molar-refractivity contribution in [2.45, 2.75) is 13.0 Å². The molecule has 2 N–H and O–H groups in total. The summed E-state index contributed by atoms with van der Waals surface area (Å²) in [7, 11) is 1.46. The molecule has 1 fully saturated rings. The quantitative estimate of drug-likeness (QED) is 0.248. The van der Waals surface area contributed by atoms with Crippen LogP contribution >= 0.6 is 23.2 Å². The van der Waals surface area contributed by atoms with E-state index in [-0.39, 0.29) is 27.7 Å². The lowest BCUT2D eigenvalue weighted by Gasteiger charge is -2.26. The lowest BCUT2D eigenvalue weighted by molar-refractivity contribution is -0.132. The molecule has 9 heteroatoms. The first kappa shape index (κ1) is 24.4. The lowest BCUT2D eigenvalue weighted by Crippen LogP contribution is -2.29. The molecule has 0 saturated carbocycles. The highest BCUT2D eigenvalue weighted by molar-refractivity contribution is 6.52. The summed E-state index contributed by atoms with van der Waals surface area (Å²) in [4.78, 5) is 27.8. The summed E-state index contributed by atoms with van der Waals surface area (Å²) in [6, 6.07) is 14.3. The van der Waals surface area contributed by atoms with Gasteiger partial charge < -0.3 is 19.7 Å². The molecule has 1 aliphatic rings. The Balaban J connectivity index is 1.93. The number of carbonyl (C=O) groups excluding carboxylic acids is 2. The van der Waals surface area contributed by atoms with Gasteiger partial charge in [0.15, 0.2) is 0 Å². The molecule has 4 rings (SSSR count). The minimum absolute atomic E-state index is 0.0113. The third-order valence-electron chi connectivity index (χ3n) is 5.57. The summed E-state index contributed by atoms with van der Waals surface area (Å²) < 4.78 is 10.7. The predicted octanol–water partition coefficient (Wildman–Crippen LogP) is 5.73. The number of aromatic hydroxyl groups is 1. The van der Waals surface area contributed by atoms with Crippen molar-refractivity contribution in [3.05, 3.63) is 87.4 Å². The third-order valence-corrected chi connectivity index (χ3v) is 6.18. The molecule has 3 aromatic carbocycles. The second-order valence-corrected chi connectivity index (χ2v) is 8.47. The number of phenolic OH excluding ortho intramolecular Hbond substituents is 1. The number of carbonyl (C=O) groups is 2. The predicted molar refractivity (Wildman–Crippen MR) is 134 cm³/mol. The van der Waals surface area contributed by atoms with Crippen LogP contribution in [0.3, 0.4) is 0 Å². The first-order valence-corrected chi connectivity index (χ1v) is 11.4. The second kappa shape index (κ2) is 9.90. The Kier molecular flexibility index (Phi) is 6.91. The number of nitrogens with zero attached hydrogens (tertiary/aromatic N) is 1. The smallest absolute Gasteiger partial charge is 0.300 e. The molecule has 1 atom stereocenters. The molecule has 0 bridgehead atoms. The van der Waals surface area contributed by atoms with E-state index in [1.807, 2.05) is 0 Å². The van der Waals surface area contributed by atoms with E-state index < -0.39 is 17.7 Å². The van der Waals surface area contributed by atoms with Crippen LogP contribution in [0.1, 0.15) is 24.1 Å². The number of ether oxygens (including phenoxy) is 2. The van der Waals surface area contributed by atoms with E-state index in [1.54, 1.807) is 31.2 Å². The molecule has 1 aliphatic heterocycles. The van der Waals surface area contributed by atoms with E-state index in [2.05, 4.69) is 0 Å². The molecule has 1 amide bonds. The maximum Gasteiger partial charge on any atom is 0.300 e. The zero-order valence-corrected chi connectivity index (χ0v) is 20.3. The molecule has 3 aromatic rings. The summed E-state index contributed by atoms with van der Waals surface area (Å²) in [5.41, 5.74) is 0.959. The number of hydrogen-bond acceptors (Lipinski definition) is 6. The molecule has 0 aromatic heterocycles. The van der Waals surface area contributed by atoms with Crippen LogP contribution in [0.5, 0.6) is 17.2 Å². The second-order valence-electron chi connectivity index (χ2n) is 7.66. The number of hydrogen-bond donors (Lipinski definition) is 2. The number of ketones is 1. The van der Waals surface area contributed by atoms with Crippen molar-refractivity contribution >= 4 is 46.3 Å². The van der Waals surface area contributed by atoms with Crippen molar-refractivity contribution in [2.24, 2.45) is 0 Å². The highest BCUT2D eigenvalue weighted by Crippen LogP contribution is 2.44. The van der Waals surface area contributed by atoms with Gasteiger partial charge in [-0.15, -0.1) is 0 Å². The first-order chi connectivity index (χ1) is 16.8. The van der Waals surface area contributed by atoms with Crippen LogP contribution in [0, 0.1) is 0 Å². The van der Waals surface area contributed by atoms with Gasteiger partial charge >= 0.3 is 0 Å². The number of benzene rings is 3. The number of methoxy groups -OCH3 is 1. The van der Waals surface area contributed by atoms with Gasteiger partial charge in [0, 0.05) is 11.3 Å². The maximum absolute atomic E-state index is 13.3. The van der Waals surface area contributed by atoms with Gasteiger partial charge in [-0.05, 0) is 61.0 Å². The van der Waals surface area contributed by atoms with Gasteiger partial charge in [-0.1, -0.05) is 35.3 Å². The molecule has 1 heterocycles. The van der Waals surface area contributed by atoms with E-state index in [1.165, 1.54) is 48.4 Å². The van der Waals surface area contributed by atoms with Crippen molar-refractivity contribution in [1.82, 2.24) is 0 Å². The first-order valence-electron chi connectivity index (χ1n) is 10.6. The standard InChI is InChI=1S/C26H21Cl2NO6/c1-3-35-21-12-15(6-10-18(21)27)24(31)22-23(14-4-8-17(30)9-5-14)29(26(33)25(22)32)16-7-11-20(34-2)19(28)13-16/h4-13,23,30-31H,3H2,1-2H3/b24-22+. The highest BCUT2D eigenvalue weighted by Gasteiger charge is 2.47. The van der Waals surface area contributed by atoms with Crippen LogP contribution in [0.4, 0.5) is 5.69 Å².